The number of esters is 1. The molecule has 0 bridgehead atoms. The van der Waals surface area contributed by atoms with Crippen LogP contribution in [0.5, 0.6) is 0 Å². The number of ether oxygens (including phenoxy) is 1. The Morgan fingerprint density at radius 1 is 1.27 bits per heavy atom. The molecule has 2 aromatic carbocycles. The summed E-state index contributed by atoms with van der Waals surface area (Å²) < 4.78 is 23.7. The Labute approximate surface area is 152 Å². The van der Waals surface area contributed by atoms with Crippen LogP contribution in [0.15, 0.2) is 58.2 Å². The van der Waals surface area contributed by atoms with Gasteiger partial charge in [0, 0.05) is 5.69 Å². The third-order valence-electron chi connectivity index (χ3n) is 3.36. The third-order valence-corrected chi connectivity index (χ3v) is 4.16. The lowest BCUT2D eigenvalue weighted by Gasteiger charge is -2.13. The van der Waals surface area contributed by atoms with Crippen LogP contribution >= 0.6 is 11.8 Å². The minimum absolute atomic E-state index is 0.0512. The van der Waals surface area contributed by atoms with Gasteiger partial charge < -0.3 is 14.5 Å². The number of oxazole rings is 1. The fourth-order valence-electron chi connectivity index (χ4n) is 2.13. The molecule has 3 aromatic rings. The number of fused-ring (bicyclic) bond motifs is 1. The summed E-state index contributed by atoms with van der Waals surface area (Å²) in [6.07, 6.45) is -1.02. The molecule has 134 valence electrons. The normalized spacial score (nSPS) is 11.9. The van der Waals surface area contributed by atoms with Gasteiger partial charge >= 0.3 is 5.97 Å². The van der Waals surface area contributed by atoms with Crippen molar-refractivity contribution in [1.29, 1.82) is 0 Å². The lowest BCUT2D eigenvalue weighted by molar-refractivity contribution is -0.150. The molecule has 1 amide bonds. The summed E-state index contributed by atoms with van der Waals surface area (Å²) in [5.41, 5.74) is 1.62. The van der Waals surface area contributed by atoms with Crippen molar-refractivity contribution in [3.8, 4) is 0 Å². The number of halogens is 1. The van der Waals surface area contributed by atoms with E-state index >= 15 is 0 Å². The van der Waals surface area contributed by atoms with Gasteiger partial charge in [0.25, 0.3) is 11.1 Å². The number of thioether (sulfide) groups is 1. The van der Waals surface area contributed by atoms with E-state index < -0.39 is 23.8 Å². The monoisotopic (exact) mass is 374 g/mol. The highest BCUT2D eigenvalue weighted by molar-refractivity contribution is 7.99. The predicted octanol–water partition coefficient (Wildman–Crippen LogP) is 3.63. The van der Waals surface area contributed by atoms with Crippen molar-refractivity contribution < 1.29 is 23.1 Å². The number of carbonyl (C=O) groups is 2. The highest BCUT2D eigenvalue weighted by Crippen LogP contribution is 2.23. The average Bonchev–Trinajstić information content (AvgIpc) is 3.03. The molecule has 0 saturated heterocycles. The van der Waals surface area contributed by atoms with E-state index in [2.05, 4.69) is 10.3 Å². The lowest BCUT2D eigenvalue weighted by atomic mass is 10.3. The summed E-state index contributed by atoms with van der Waals surface area (Å²) in [6.45, 7) is 1.44. The number of nitrogens with zero attached hydrogens (tertiary/aromatic N) is 1. The molecule has 6 nitrogen and oxygen atoms in total. The molecule has 0 radical (unpaired) electrons. The summed E-state index contributed by atoms with van der Waals surface area (Å²) in [7, 11) is 0. The minimum atomic E-state index is -1.02. The van der Waals surface area contributed by atoms with E-state index in [1.54, 1.807) is 18.2 Å². The van der Waals surface area contributed by atoms with Crippen molar-refractivity contribution in [1.82, 2.24) is 4.98 Å². The maximum absolute atomic E-state index is 13.1. The molecular formula is C18H15FN2O4S. The topological polar surface area (TPSA) is 81.4 Å². The van der Waals surface area contributed by atoms with Crippen LogP contribution < -0.4 is 5.32 Å². The Morgan fingerprint density at radius 3 is 2.85 bits per heavy atom. The maximum Gasteiger partial charge on any atom is 0.317 e. The Bertz CT molecular complexity index is 911. The number of nitrogens with one attached hydrogen (secondary N) is 1. The van der Waals surface area contributed by atoms with E-state index in [0.29, 0.717) is 22.0 Å². The SMILES string of the molecule is C[C@H](OC(=O)CSc1nc2ccccc2o1)C(=O)Nc1cccc(F)c1. The van der Waals surface area contributed by atoms with Crippen LogP contribution in [-0.4, -0.2) is 28.7 Å². The zero-order chi connectivity index (χ0) is 18.5. The van der Waals surface area contributed by atoms with Crippen molar-refractivity contribution in [3.63, 3.8) is 0 Å². The number of benzene rings is 2. The van der Waals surface area contributed by atoms with Crippen LogP contribution in [0.2, 0.25) is 0 Å². The highest BCUT2D eigenvalue weighted by Gasteiger charge is 2.19. The molecule has 1 atom stereocenters. The number of carbonyl (C=O) groups excluding carboxylic acids is 2. The van der Waals surface area contributed by atoms with Crippen LogP contribution in [0.4, 0.5) is 10.1 Å². The predicted molar refractivity (Wildman–Crippen MR) is 95.3 cm³/mol. The maximum atomic E-state index is 13.1. The number of hydrogen-bond acceptors (Lipinski definition) is 6. The van der Waals surface area contributed by atoms with Crippen molar-refractivity contribution in [3.05, 3.63) is 54.3 Å². The molecule has 0 unspecified atom stereocenters. The van der Waals surface area contributed by atoms with Gasteiger partial charge in [-0.2, -0.15) is 0 Å². The number of aromatic nitrogens is 1. The molecule has 1 heterocycles. The Hall–Kier alpha value is -2.87. The number of hydrogen-bond donors (Lipinski definition) is 1. The van der Waals surface area contributed by atoms with Crippen LogP contribution in [0.1, 0.15) is 6.92 Å². The molecule has 0 aliphatic heterocycles. The van der Waals surface area contributed by atoms with Gasteiger partial charge in [0.05, 0.1) is 0 Å². The highest BCUT2D eigenvalue weighted by atomic mass is 32.2. The first-order chi connectivity index (χ1) is 12.5. The largest absolute Gasteiger partial charge is 0.452 e. The molecule has 8 heteroatoms. The van der Waals surface area contributed by atoms with Gasteiger partial charge in [-0.25, -0.2) is 9.37 Å². The molecule has 0 spiro atoms. The third kappa shape index (κ3) is 4.60. The number of rotatable bonds is 6. The van der Waals surface area contributed by atoms with Crippen molar-refractivity contribution in [2.45, 2.75) is 18.3 Å². The van der Waals surface area contributed by atoms with E-state index in [0.717, 1.165) is 11.8 Å². The number of amides is 1. The average molecular weight is 374 g/mol. The van der Waals surface area contributed by atoms with Gasteiger partial charge in [-0.3, -0.25) is 9.59 Å². The zero-order valence-electron chi connectivity index (χ0n) is 13.8. The Kier molecular flexibility index (Phi) is 5.52. The van der Waals surface area contributed by atoms with Crippen LogP contribution in [0.3, 0.4) is 0 Å². The number of para-hydroxylation sites is 2. The number of anilines is 1. The van der Waals surface area contributed by atoms with Crippen LogP contribution in [0.25, 0.3) is 11.1 Å². The first-order valence-corrected chi connectivity index (χ1v) is 8.74. The molecule has 0 saturated carbocycles. The Morgan fingerprint density at radius 2 is 2.08 bits per heavy atom. The van der Waals surface area contributed by atoms with E-state index in [9.17, 15) is 14.0 Å². The summed E-state index contributed by atoms with van der Waals surface area (Å²) in [6, 6.07) is 12.7. The van der Waals surface area contributed by atoms with E-state index in [1.807, 2.05) is 12.1 Å². The van der Waals surface area contributed by atoms with Crippen molar-refractivity contribution in [2.24, 2.45) is 0 Å². The van der Waals surface area contributed by atoms with Crippen molar-refractivity contribution in [2.75, 3.05) is 11.1 Å². The molecule has 0 fully saturated rings. The molecular weight excluding hydrogens is 359 g/mol. The second-order valence-corrected chi connectivity index (χ2v) is 6.29. The summed E-state index contributed by atoms with van der Waals surface area (Å²) in [5, 5.41) is 2.83. The molecule has 1 N–H and O–H groups in total. The second kappa shape index (κ2) is 8.01. The molecule has 0 aliphatic rings. The van der Waals surface area contributed by atoms with Crippen LogP contribution in [-0.2, 0) is 14.3 Å². The molecule has 1 aromatic heterocycles. The van der Waals surface area contributed by atoms with Gasteiger partial charge in [-0.1, -0.05) is 30.0 Å². The summed E-state index contributed by atoms with van der Waals surface area (Å²) >= 11 is 1.08. The van der Waals surface area contributed by atoms with E-state index in [1.165, 1.54) is 25.1 Å². The van der Waals surface area contributed by atoms with Gasteiger partial charge in [0.1, 0.15) is 17.1 Å². The second-order valence-electron chi connectivity index (χ2n) is 5.37. The first-order valence-electron chi connectivity index (χ1n) is 7.75. The fourth-order valence-corrected chi connectivity index (χ4v) is 2.75. The van der Waals surface area contributed by atoms with Gasteiger partial charge in [0.2, 0.25) is 0 Å². The quantitative estimate of drug-likeness (QED) is 0.524. The first kappa shape index (κ1) is 17.9. The van der Waals surface area contributed by atoms with E-state index in [4.69, 9.17) is 9.15 Å². The van der Waals surface area contributed by atoms with Gasteiger partial charge in [-0.05, 0) is 37.3 Å². The van der Waals surface area contributed by atoms with Gasteiger partial charge in [0.15, 0.2) is 11.7 Å². The van der Waals surface area contributed by atoms with Crippen LogP contribution in [0, 0.1) is 5.82 Å². The smallest absolute Gasteiger partial charge is 0.317 e. The molecule has 0 aliphatic carbocycles. The molecule has 26 heavy (non-hydrogen) atoms. The van der Waals surface area contributed by atoms with Gasteiger partial charge in [-0.15, -0.1) is 0 Å². The van der Waals surface area contributed by atoms with E-state index in [-0.39, 0.29) is 5.75 Å². The fraction of sp³-hybridized carbons (Fsp3) is 0.167. The van der Waals surface area contributed by atoms with Crippen molar-refractivity contribution >= 4 is 40.4 Å². The summed E-state index contributed by atoms with van der Waals surface area (Å²) in [5.74, 6) is -1.65. The summed E-state index contributed by atoms with van der Waals surface area (Å²) in [4.78, 5) is 28.1. The lowest BCUT2D eigenvalue weighted by Crippen LogP contribution is -2.30. The standard InChI is InChI=1S/C18H15FN2O4S/c1-11(17(23)20-13-6-4-5-12(19)9-13)24-16(22)10-26-18-21-14-7-2-3-8-15(14)25-18/h2-9,11H,10H2,1H3,(H,20,23)/t11-/m0/s1. The minimum Gasteiger partial charge on any atom is -0.452 e. The Balaban J connectivity index is 1.49. The zero-order valence-corrected chi connectivity index (χ0v) is 14.6. The molecule has 3 rings (SSSR count).